The highest BCUT2D eigenvalue weighted by Crippen LogP contribution is 1.97. The van der Waals surface area contributed by atoms with E-state index in [1.54, 1.807) is 0 Å². The van der Waals surface area contributed by atoms with Gasteiger partial charge in [0.2, 0.25) is 0 Å². The van der Waals surface area contributed by atoms with E-state index in [2.05, 4.69) is 6.58 Å². The summed E-state index contributed by atoms with van der Waals surface area (Å²) in [7, 11) is -3.89. The predicted octanol–water partition coefficient (Wildman–Crippen LogP) is -0.260. The van der Waals surface area contributed by atoms with Crippen molar-refractivity contribution in [3.8, 4) is 0 Å². The molecule has 0 saturated heterocycles. The Morgan fingerprint density at radius 3 is 2.45 bits per heavy atom. The number of rotatable bonds is 3. The lowest BCUT2D eigenvalue weighted by Gasteiger charge is -2.10. The number of carbonyl (C=O) groups excluding carboxylic acids is 1. The molecule has 0 spiro atoms. The summed E-state index contributed by atoms with van der Waals surface area (Å²) in [5.41, 5.74) is 0. The molecule has 5 nitrogen and oxygen atoms in total. The fourth-order valence-corrected chi connectivity index (χ4v) is 1.25. The Morgan fingerprint density at radius 1 is 1.73 bits per heavy atom. The third kappa shape index (κ3) is 2.69. The van der Waals surface area contributed by atoms with Gasteiger partial charge in [0.05, 0.1) is 5.75 Å². The van der Waals surface area contributed by atoms with Gasteiger partial charge in [0.1, 0.15) is 0 Å². The summed E-state index contributed by atoms with van der Waals surface area (Å²) in [6.07, 6.45) is 1.08. The third-order valence-corrected chi connectivity index (χ3v) is 2.30. The van der Waals surface area contributed by atoms with Crippen molar-refractivity contribution in [1.29, 1.82) is 0 Å². The van der Waals surface area contributed by atoms with E-state index in [4.69, 9.17) is 5.21 Å². The van der Waals surface area contributed by atoms with E-state index in [9.17, 15) is 13.2 Å². The van der Waals surface area contributed by atoms with Crippen LogP contribution in [0.2, 0.25) is 0 Å². The molecule has 0 unspecified atom stereocenters. The van der Waals surface area contributed by atoms with Crippen LogP contribution in [0.3, 0.4) is 0 Å². The molecular weight excluding hydrogens is 170 g/mol. The SMILES string of the molecule is C=CCS(=O)(=O)N(O)C(C)=O. The molecule has 0 aliphatic carbocycles. The molecule has 0 saturated carbocycles. The molecule has 0 heterocycles. The molecule has 1 N–H and O–H groups in total. The molecule has 0 aliphatic rings. The Morgan fingerprint density at radius 2 is 2.18 bits per heavy atom. The highest BCUT2D eigenvalue weighted by Gasteiger charge is 2.20. The number of hydrogen-bond acceptors (Lipinski definition) is 4. The summed E-state index contributed by atoms with van der Waals surface area (Å²) < 4.78 is 21.2. The minimum Gasteiger partial charge on any atom is -0.272 e. The summed E-state index contributed by atoms with van der Waals surface area (Å²) in [6, 6.07) is 0. The van der Waals surface area contributed by atoms with Gasteiger partial charge in [0.15, 0.2) is 0 Å². The van der Waals surface area contributed by atoms with Crippen LogP contribution in [-0.2, 0) is 14.8 Å². The first-order valence-corrected chi connectivity index (χ1v) is 4.36. The average molecular weight is 179 g/mol. The van der Waals surface area contributed by atoms with E-state index in [-0.39, 0.29) is 4.47 Å². The molecule has 0 aromatic rings. The normalized spacial score (nSPS) is 10.7. The summed E-state index contributed by atoms with van der Waals surface area (Å²) in [6.45, 7) is 4.10. The van der Waals surface area contributed by atoms with E-state index < -0.39 is 21.7 Å². The summed E-state index contributed by atoms with van der Waals surface area (Å²) in [4.78, 5) is 10.3. The maximum Gasteiger partial charge on any atom is 0.263 e. The van der Waals surface area contributed by atoms with Gasteiger partial charge in [0.25, 0.3) is 15.9 Å². The van der Waals surface area contributed by atoms with Gasteiger partial charge in [0, 0.05) is 6.92 Å². The van der Waals surface area contributed by atoms with Crippen LogP contribution < -0.4 is 0 Å². The largest absolute Gasteiger partial charge is 0.272 e. The van der Waals surface area contributed by atoms with Gasteiger partial charge >= 0.3 is 0 Å². The quantitative estimate of drug-likeness (QED) is 0.368. The Bertz CT molecular complexity index is 256. The standard InChI is InChI=1S/C5H9NO4S/c1-3-4-11(9,10)6(8)5(2)7/h3,8H,1,4H2,2H3. The zero-order chi connectivity index (χ0) is 9.07. The van der Waals surface area contributed by atoms with Crippen LogP contribution in [-0.4, -0.2) is 29.8 Å². The minimum atomic E-state index is -3.89. The number of amides is 1. The maximum atomic E-state index is 10.8. The smallest absolute Gasteiger partial charge is 0.263 e. The van der Waals surface area contributed by atoms with E-state index >= 15 is 0 Å². The van der Waals surface area contributed by atoms with E-state index in [0.29, 0.717) is 0 Å². The predicted molar refractivity (Wildman–Crippen MR) is 38.3 cm³/mol. The van der Waals surface area contributed by atoms with Crippen molar-refractivity contribution in [3.63, 3.8) is 0 Å². The maximum absolute atomic E-state index is 10.8. The van der Waals surface area contributed by atoms with E-state index in [0.717, 1.165) is 13.0 Å². The van der Waals surface area contributed by atoms with Crippen molar-refractivity contribution < 1.29 is 18.4 Å². The van der Waals surface area contributed by atoms with E-state index in [1.807, 2.05) is 0 Å². The van der Waals surface area contributed by atoms with Gasteiger partial charge in [-0.15, -0.1) is 11.0 Å². The van der Waals surface area contributed by atoms with Gasteiger partial charge in [-0.2, -0.15) is 0 Å². The third-order valence-electron chi connectivity index (χ3n) is 0.861. The summed E-state index contributed by atoms with van der Waals surface area (Å²) >= 11 is 0. The average Bonchev–Trinajstić information content (AvgIpc) is 1.86. The molecule has 0 rings (SSSR count). The van der Waals surface area contributed by atoms with Crippen molar-refractivity contribution in [2.45, 2.75) is 6.92 Å². The number of carbonyl (C=O) groups is 1. The zero-order valence-corrected chi connectivity index (χ0v) is 6.84. The molecule has 0 radical (unpaired) electrons. The Labute approximate surface area is 64.9 Å². The first-order chi connectivity index (χ1) is 4.91. The van der Waals surface area contributed by atoms with Gasteiger partial charge in [-0.3, -0.25) is 10.0 Å². The second-order valence-electron chi connectivity index (χ2n) is 1.83. The van der Waals surface area contributed by atoms with Crippen LogP contribution >= 0.6 is 0 Å². The number of nitrogens with zero attached hydrogens (tertiary/aromatic N) is 1. The second kappa shape index (κ2) is 3.49. The molecular formula is C5H9NO4S. The number of hydroxylamine groups is 1. The topological polar surface area (TPSA) is 74.7 Å². The number of sulfonamides is 1. The first-order valence-electron chi connectivity index (χ1n) is 2.75. The van der Waals surface area contributed by atoms with Gasteiger partial charge in [-0.1, -0.05) is 6.08 Å². The molecule has 0 aromatic heterocycles. The lowest BCUT2D eigenvalue weighted by molar-refractivity contribution is -0.143. The summed E-state index contributed by atoms with van der Waals surface area (Å²) in [5.74, 6) is -1.39. The molecule has 64 valence electrons. The molecule has 0 aromatic carbocycles. The molecule has 0 aliphatic heterocycles. The Hall–Kier alpha value is -0.880. The molecule has 0 fully saturated rings. The minimum absolute atomic E-state index is 0.297. The van der Waals surface area contributed by atoms with Gasteiger partial charge < -0.3 is 0 Å². The molecule has 11 heavy (non-hydrogen) atoms. The first kappa shape index (κ1) is 10.1. The van der Waals surface area contributed by atoms with Crippen LogP contribution in [0.1, 0.15) is 6.92 Å². The highest BCUT2D eigenvalue weighted by atomic mass is 32.2. The fourth-order valence-electron chi connectivity index (χ4n) is 0.415. The van der Waals surface area contributed by atoms with E-state index in [1.165, 1.54) is 0 Å². The van der Waals surface area contributed by atoms with Crippen molar-refractivity contribution in [2.75, 3.05) is 5.75 Å². The lowest BCUT2D eigenvalue weighted by atomic mass is 10.8. The fraction of sp³-hybridized carbons (Fsp3) is 0.400. The molecule has 0 bridgehead atoms. The lowest BCUT2D eigenvalue weighted by Crippen LogP contribution is -2.33. The van der Waals surface area contributed by atoms with Crippen molar-refractivity contribution >= 4 is 15.9 Å². The van der Waals surface area contributed by atoms with Crippen LogP contribution in [0.15, 0.2) is 12.7 Å². The van der Waals surface area contributed by atoms with Crippen molar-refractivity contribution in [3.05, 3.63) is 12.7 Å². The molecule has 1 amide bonds. The van der Waals surface area contributed by atoms with Crippen molar-refractivity contribution in [1.82, 2.24) is 4.47 Å². The zero-order valence-electron chi connectivity index (χ0n) is 6.02. The summed E-state index contributed by atoms with van der Waals surface area (Å²) in [5, 5.41) is 8.63. The highest BCUT2D eigenvalue weighted by molar-refractivity contribution is 7.89. The van der Waals surface area contributed by atoms with Gasteiger partial charge in [-0.25, -0.2) is 8.42 Å². The van der Waals surface area contributed by atoms with Gasteiger partial charge in [-0.05, 0) is 0 Å². The molecule has 6 heteroatoms. The van der Waals surface area contributed by atoms with Crippen LogP contribution in [0.25, 0.3) is 0 Å². The van der Waals surface area contributed by atoms with Crippen LogP contribution in [0.4, 0.5) is 0 Å². The Kier molecular flexibility index (Phi) is 3.21. The van der Waals surface area contributed by atoms with Crippen LogP contribution in [0, 0.1) is 0 Å². The molecule has 0 atom stereocenters. The van der Waals surface area contributed by atoms with Crippen molar-refractivity contribution in [2.24, 2.45) is 0 Å². The monoisotopic (exact) mass is 179 g/mol. The van der Waals surface area contributed by atoms with Crippen LogP contribution in [0.5, 0.6) is 0 Å². The second-order valence-corrected chi connectivity index (χ2v) is 3.67. The number of hydrogen-bond donors (Lipinski definition) is 1. The Balaban J connectivity index is 4.56.